The second kappa shape index (κ2) is 5.83. The number of hydrogen-bond acceptors (Lipinski definition) is 4. The first-order chi connectivity index (χ1) is 10.9. The van der Waals surface area contributed by atoms with Gasteiger partial charge in [0.25, 0.3) is 20.0 Å². The van der Waals surface area contributed by atoms with E-state index in [1.54, 1.807) is 0 Å². The van der Waals surface area contributed by atoms with Gasteiger partial charge in [0.2, 0.25) is 0 Å². The van der Waals surface area contributed by atoms with Crippen molar-refractivity contribution in [1.82, 2.24) is 0 Å². The standard InChI is InChI=1S/C13H8F4O5S2/c14-8-5-6-12(10(15)7-8)23(18,19)13(16,17)9-3-1-2-4-11(9)24(20,21)22/h1-7H,(H,20,21,22). The number of halogens is 4. The van der Waals surface area contributed by atoms with Crippen molar-refractivity contribution in [3.05, 3.63) is 59.7 Å². The first-order valence-electron chi connectivity index (χ1n) is 6.03. The number of alkyl halides is 2. The van der Waals surface area contributed by atoms with Gasteiger partial charge in [0, 0.05) is 6.07 Å². The fraction of sp³-hybridized carbons (Fsp3) is 0.0769. The van der Waals surface area contributed by atoms with E-state index in [1.807, 2.05) is 0 Å². The minimum absolute atomic E-state index is 0.0949. The predicted molar refractivity (Wildman–Crippen MR) is 73.7 cm³/mol. The van der Waals surface area contributed by atoms with Crippen LogP contribution in [-0.4, -0.2) is 21.4 Å². The fourth-order valence-electron chi connectivity index (χ4n) is 1.91. The van der Waals surface area contributed by atoms with Gasteiger partial charge < -0.3 is 0 Å². The molecule has 0 aromatic heterocycles. The quantitative estimate of drug-likeness (QED) is 0.498. The van der Waals surface area contributed by atoms with Gasteiger partial charge >= 0.3 is 5.25 Å². The van der Waals surface area contributed by atoms with E-state index in [2.05, 4.69) is 0 Å². The third kappa shape index (κ3) is 3.01. The third-order valence-electron chi connectivity index (χ3n) is 3.00. The summed E-state index contributed by atoms with van der Waals surface area (Å²) in [6.45, 7) is 0. The first kappa shape index (κ1) is 18.4. The van der Waals surface area contributed by atoms with Crippen LogP contribution in [-0.2, 0) is 25.2 Å². The molecule has 130 valence electrons. The van der Waals surface area contributed by atoms with Gasteiger partial charge in [0.05, 0.1) is 5.56 Å². The van der Waals surface area contributed by atoms with Crippen LogP contribution in [0, 0.1) is 11.6 Å². The lowest BCUT2D eigenvalue weighted by Crippen LogP contribution is -2.29. The van der Waals surface area contributed by atoms with Gasteiger partial charge in [-0.25, -0.2) is 17.2 Å². The Balaban J connectivity index is 2.75. The molecule has 0 saturated carbocycles. The Morgan fingerprint density at radius 2 is 1.46 bits per heavy atom. The van der Waals surface area contributed by atoms with Crippen molar-refractivity contribution >= 4 is 20.0 Å². The molecule has 0 atom stereocenters. The summed E-state index contributed by atoms with van der Waals surface area (Å²) in [5.74, 6) is -2.95. The van der Waals surface area contributed by atoms with E-state index in [-0.39, 0.29) is 6.07 Å². The lowest BCUT2D eigenvalue weighted by atomic mass is 10.2. The van der Waals surface area contributed by atoms with Crippen LogP contribution in [0.25, 0.3) is 0 Å². The van der Waals surface area contributed by atoms with E-state index in [0.29, 0.717) is 24.3 Å². The van der Waals surface area contributed by atoms with Crippen molar-refractivity contribution in [3.63, 3.8) is 0 Å². The van der Waals surface area contributed by atoms with Crippen molar-refractivity contribution in [3.8, 4) is 0 Å². The highest BCUT2D eigenvalue weighted by Crippen LogP contribution is 2.42. The van der Waals surface area contributed by atoms with Gasteiger partial charge in [-0.05, 0) is 18.2 Å². The van der Waals surface area contributed by atoms with Gasteiger partial charge in [0.1, 0.15) is 21.4 Å². The van der Waals surface area contributed by atoms with Gasteiger partial charge in [-0.15, -0.1) is 0 Å². The Labute approximate surface area is 134 Å². The van der Waals surface area contributed by atoms with Crippen LogP contribution in [0.2, 0.25) is 0 Å². The molecule has 0 radical (unpaired) electrons. The molecule has 2 rings (SSSR count). The lowest BCUT2D eigenvalue weighted by Gasteiger charge is -2.19. The molecule has 0 aliphatic rings. The molecule has 0 amide bonds. The summed E-state index contributed by atoms with van der Waals surface area (Å²) in [7, 11) is -10.9. The molecule has 0 heterocycles. The highest BCUT2D eigenvalue weighted by atomic mass is 32.2. The predicted octanol–water partition coefficient (Wildman–Crippen LogP) is 2.73. The molecule has 0 aliphatic carbocycles. The molecule has 0 spiro atoms. The van der Waals surface area contributed by atoms with Crippen molar-refractivity contribution < 1.29 is 39.0 Å². The summed E-state index contributed by atoms with van der Waals surface area (Å²) in [6, 6.07) is 3.77. The normalized spacial score (nSPS) is 13.0. The summed E-state index contributed by atoms with van der Waals surface area (Å²) in [5.41, 5.74) is -1.56. The summed E-state index contributed by atoms with van der Waals surface area (Å²) >= 11 is 0. The molecule has 5 nitrogen and oxygen atoms in total. The van der Waals surface area contributed by atoms with Crippen molar-refractivity contribution in [2.24, 2.45) is 0 Å². The van der Waals surface area contributed by atoms with E-state index in [0.717, 1.165) is 12.1 Å². The van der Waals surface area contributed by atoms with E-state index in [4.69, 9.17) is 4.55 Å². The van der Waals surface area contributed by atoms with E-state index >= 15 is 0 Å². The number of sulfone groups is 1. The maximum absolute atomic E-state index is 14.5. The molecule has 0 unspecified atom stereocenters. The maximum Gasteiger partial charge on any atom is 0.376 e. The zero-order valence-electron chi connectivity index (χ0n) is 11.5. The molecule has 11 heteroatoms. The molecular formula is C13H8F4O5S2. The zero-order chi connectivity index (χ0) is 18.3. The Morgan fingerprint density at radius 3 is 2.00 bits per heavy atom. The number of benzene rings is 2. The van der Waals surface area contributed by atoms with Crippen molar-refractivity contribution in [2.75, 3.05) is 0 Å². The molecule has 24 heavy (non-hydrogen) atoms. The van der Waals surface area contributed by atoms with E-state index in [9.17, 15) is 34.4 Å². The largest absolute Gasteiger partial charge is 0.376 e. The molecule has 2 aromatic rings. The Bertz CT molecular complexity index is 1000. The van der Waals surface area contributed by atoms with Crippen LogP contribution in [0.5, 0.6) is 0 Å². The molecular weight excluding hydrogens is 376 g/mol. The average Bonchev–Trinajstić information content (AvgIpc) is 2.45. The Morgan fingerprint density at radius 1 is 0.875 bits per heavy atom. The van der Waals surface area contributed by atoms with Gasteiger partial charge in [-0.1, -0.05) is 18.2 Å². The van der Waals surface area contributed by atoms with Crippen molar-refractivity contribution in [1.29, 1.82) is 0 Å². The molecule has 2 aromatic carbocycles. The number of hydrogen-bond donors (Lipinski definition) is 1. The molecule has 0 saturated heterocycles. The zero-order valence-corrected chi connectivity index (χ0v) is 13.1. The first-order valence-corrected chi connectivity index (χ1v) is 8.96. The third-order valence-corrected chi connectivity index (χ3v) is 5.72. The monoisotopic (exact) mass is 384 g/mol. The minimum Gasteiger partial charge on any atom is -0.282 e. The van der Waals surface area contributed by atoms with E-state index < -0.39 is 52.2 Å². The van der Waals surface area contributed by atoms with E-state index in [1.165, 1.54) is 0 Å². The van der Waals surface area contributed by atoms with Gasteiger partial charge in [-0.2, -0.15) is 17.2 Å². The summed E-state index contributed by atoms with van der Waals surface area (Å²) in [4.78, 5) is -2.86. The summed E-state index contributed by atoms with van der Waals surface area (Å²) in [5, 5.41) is -4.90. The van der Waals surface area contributed by atoms with Gasteiger partial charge in [0.15, 0.2) is 0 Å². The second-order valence-electron chi connectivity index (χ2n) is 4.57. The van der Waals surface area contributed by atoms with Crippen LogP contribution in [0.4, 0.5) is 17.6 Å². The van der Waals surface area contributed by atoms with Crippen LogP contribution in [0.3, 0.4) is 0 Å². The van der Waals surface area contributed by atoms with Crippen LogP contribution in [0.15, 0.2) is 52.3 Å². The van der Waals surface area contributed by atoms with Crippen LogP contribution in [0.1, 0.15) is 5.56 Å². The summed E-state index contributed by atoms with van der Waals surface area (Å²) < 4.78 is 111. The molecule has 0 aliphatic heterocycles. The summed E-state index contributed by atoms with van der Waals surface area (Å²) in [6.07, 6.45) is 0. The lowest BCUT2D eigenvalue weighted by molar-refractivity contribution is 0.0868. The molecule has 1 N–H and O–H groups in total. The topological polar surface area (TPSA) is 88.5 Å². The SMILES string of the molecule is O=S(=O)(O)c1ccccc1C(F)(F)S(=O)(=O)c1ccc(F)cc1F. The minimum atomic E-state index is -5.77. The second-order valence-corrected chi connectivity index (χ2v) is 7.92. The number of rotatable bonds is 4. The molecule has 0 fully saturated rings. The Hall–Kier alpha value is -1.98. The smallest absolute Gasteiger partial charge is 0.282 e. The van der Waals surface area contributed by atoms with Crippen LogP contribution < -0.4 is 0 Å². The Kier molecular flexibility index (Phi) is 4.46. The highest BCUT2D eigenvalue weighted by molar-refractivity contribution is 7.92. The maximum atomic E-state index is 14.5. The highest BCUT2D eigenvalue weighted by Gasteiger charge is 2.51. The van der Waals surface area contributed by atoms with Gasteiger partial charge in [-0.3, -0.25) is 4.55 Å². The fourth-order valence-corrected chi connectivity index (χ4v) is 4.00. The molecule has 0 bridgehead atoms. The van der Waals surface area contributed by atoms with Crippen LogP contribution >= 0.6 is 0 Å². The van der Waals surface area contributed by atoms with Crippen molar-refractivity contribution in [2.45, 2.75) is 15.0 Å². The average molecular weight is 384 g/mol.